The van der Waals surface area contributed by atoms with Crippen LogP contribution < -0.4 is 5.32 Å². The molecule has 0 fully saturated rings. The van der Waals surface area contributed by atoms with Crippen LogP contribution in [0, 0.1) is 17.7 Å². The summed E-state index contributed by atoms with van der Waals surface area (Å²) in [4.78, 5) is 27.4. The molecule has 0 spiro atoms. The first-order chi connectivity index (χ1) is 12.2. The summed E-state index contributed by atoms with van der Waals surface area (Å²) < 4.78 is 23.1. The van der Waals surface area contributed by atoms with Gasteiger partial charge in [-0.05, 0) is 38.8 Å². The first kappa shape index (κ1) is 20.9. The van der Waals surface area contributed by atoms with Gasteiger partial charge in [-0.15, -0.1) is 0 Å². The van der Waals surface area contributed by atoms with Gasteiger partial charge in [0, 0.05) is 6.42 Å². The molecule has 1 rings (SSSR count). The molecular formula is C17H20FN3O5. The molecule has 140 valence electrons. The SMILES string of the molecule is COC(=O)[C@H](CC#Cc1ccc(F)c(/C=N/O)n1)NC(=O)OC(C)(C)C. The van der Waals surface area contributed by atoms with Crippen molar-refractivity contribution in [2.45, 2.75) is 38.8 Å². The molecular weight excluding hydrogens is 345 g/mol. The van der Waals surface area contributed by atoms with Gasteiger partial charge in [-0.2, -0.15) is 0 Å². The van der Waals surface area contributed by atoms with Crippen LogP contribution >= 0.6 is 0 Å². The van der Waals surface area contributed by atoms with Crippen LogP contribution in [-0.2, 0) is 14.3 Å². The number of methoxy groups -OCH3 is 1. The third kappa shape index (κ3) is 7.17. The third-order valence-electron chi connectivity index (χ3n) is 2.75. The molecule has 0 saturated carbocycles. The largest absolute Gasteiger partial charge is 0.467 e. The number of oxime groups is 1. The fraction of sp³-hybridized carbons (Fsp3) is 0.412. The second-order valence-corrected chi connectivity index (χ2v) is 6.04. The highest BCUT2D eigenvalue weighted by atomic mass is 19.1. The number of halogens is 1. The lowest BCUT2D eigenvalue weighted by Gasteiger charge is -2.21. The normalized spacial score (nSPS) is 12.0. The first-order valence-corrected chi connectivity index (χ1v) is 7.56. The Morgan fingerprint density at radius 1 is 1.46 bits per heavy atom. The predicted molar refractivity (Wildman–Crippen MR) is 90.2 cm³/mol. The van der Waals surface area contributed by atoms with E-state index >= 15 is 0 Å². The van der Waals surface area contributed by atoms with Crippen LogP contribution in [0.4, 0.5) is 9.18 Å². The molecule has 26 heavy (non-hydrogen) atoms. The van der Waals surface area contributed by atoms with Crippen molar-refractivity contribution in [2.75, 3.05) is 7.11 Å². The van der Waals surface area contributed by atoms with Gasteiger partial charge in [-0.3, -0.25) is 0 Å². The molecule has 0 bridgehead atoms. The number of ether oxygens (including phenoxy) is 2. The number of esters is 1. The second kappa shape index (κ2) is 9.36. The lowest BCUT2D eigenvalue weighted by Crippen LogP contribution is -2.43. The number of alkyl carbamates (subject to hydrolysis) is 1. The summed E-state index contributed by atoms with van der Waals surface area (Å²) in [6.07, 6.45) is -0.0213. The van der Waals surface area contributed by atoms with E-state index in [1.165, 1.54) is 13.2 Å². The van der Waals surface area contributed by atoms with Crippen molar-refractivity contribution in [1.82, 2.24) is 10.3 Å². The van der Waals surface area contributed by atoms with E-state index in [-0.39, 0.29) is 17.8 Å². The van der Waals surface area contributed by atoms with Crippen LogP contribution in [0.15, 0.2) is 17.3 Å². The average molecular weight is 365 g/mol. The van der Waals surface area contributed by atoms with Crippen molar-refractivity contribution >= 4 is 18.3 Å². The number of carbonyl (C=O) groups is 2. The minimum Gasteiger partial charge on any atom is -0.467 e. The highest BCUT2D eigenvalue weighted by Crippen LogP contribution is 2.08. The van der Waals surface area contributed by atoms with E-state index in [1.807, 2.05) is 0 Å². The Labute approximate surface area is 150 Å². The lowest BCUT2D eigenvalue weighted by molar-refractivity contribution is -0.143. The maximum atomic E-state index is 13.4. The number of hydrogen-bond donors (Lipinski definition) is 2. The minimum atomic E-state index is -1.04. The molecule has 8 nitrogen and oxygen atoms in total. The number of amides is 1. The van der Waals surface area contributed by atoms with Crippen LogP contribution in [0.3, 0.4) is 0 Å². The standard InChI is InChI=1S/C17H20FN3O5/c1-17(2,3)26-16(23)21-13(15(22)25-4)7-5-6-11-8-9-12(18)14(20-11)10-19-24/h8-10,13,24H,7H2,1-4H3,(H,21,23)/b19-10+/t13-/m0/s1. The Balaban J connectivity index is 2.85. The van der Waals surface area contributed by atoms with Crippen LogP contribution in [0.1, 0.15) is 38.6 Å². The van der Waals surface area contributed by atoms with Gasteiger partial charge in [0.15, 0.2) is 5.82 Å². The van der Waals surface area contributed by atoms with E-state index in [1.54, 1.807) is 20.8 Å². The van der Waals surface area contributed by atoms with Crippen molar-refractivity contribution in [2.24, 2.45) is 5.16 Å². The van der Waals surface area contributed by atoms with Gasteiger partial charge in [0.1, 0.15) is 23.0 Å². The summed E-state index contributed by atoms with van der Waals surface area (Å²) in [6, 6.07) is 1.40. The van der Waals surface area contributed by atoms with Gasteiger partial charge in [0.25, 0.3) is 0 Å². The predicted octanol–water partition coefficient (Wildman–Crippen LogP) is 1.84. The molecule has 1 heterocycles. The van der Waals surface area contributed by atoms with Crippen molar-refractivity contribution in [3.63, 3.8) is 0 Å². The van der Waals surface area contributed by atoms with E-state index in [0.29, 0.717) is 0 Å². The molecule has 1 atom stereocenters. The monoisotopic (exact) mass is 365 g/mol. The molecule has 0 saturated heterocycles. The number of carbonyl (C=O) groups excluding carboxylic acids is 2. The van der Waals surface area contributed by atoms with E-state index in [9.17, 15) is 14.0 Å². The molecule has 0 aromatic carbocycles. The topological polar surface area (TPSA) is 110 Å². The number of nitrogens with one attached hydrogen (secondary N) is 1. The fourth-order valence-electron chi connectivity index (χ4n) is 1.70. The van der Waals surface area contributed by atoms with Gasteiger partial charge in [0.05, 0.1) is 13.3 Å². The van der Waals surface area contributed by atoms with Gasteiger partial charge < -0.3 is 20.0 Å². The zero-order valence-corrected chi connectivity index (χ0v) is 14.9. The van der Waals surface area contributed by atoms with Crippen molar-refractivity contribution in [3.05, 3.63) is 29.3 Å². The number of aromatic nitrogens is 1. The quantitative estimate of drug-likeness (QED) is 0.277. The first-order valence-electron chi connectivity index (χ1n) is 7.56. The molecule has 0 radical (unpaired) electrons. The van der Waals surface area contributed by atoms with Gasteiger partial charge in [-0.1, -0.05) is 11.1 Å². The summed E-state index contributed by atoms with van der Waals surface area (Å²) in [6.45, 7) is 5.06. The van der Waals surface area contributed by atoms with E-state index < -0.39 is 29.5 Å². The molecule has 1 aromatic rings. The molecule has 0 aliphatic rings. The number of pyridine rings is 1. The zero-order valence-electron chi connectivity index (χ0n) is 14.9. The Hall–Kier alpha value is -3.15. The summed E-state index contributed by atoms with van der Waals surface area (Å²) in [7, 11) is 1.18. The summed E-state index contributed by atoms with van der Waals surface area (Å²) >= 11 is 0. The van der Waals surface area contributed by atoms with Gasteiger partial charge >= 0.3 is 12.1 Å². The second-order valence-electron chi connectivity index (χ2n) is 6.04. The fourth-order valence-corrected chi connectivity index (χ4v) is 1.70. The van der Waals surface area contributed by atoms with Crippen LogP contribution in [0.5, 0.6) is 0 Å². The maximum absolute atomic E-state index is 13.4. The van der Waals surface area contributed by atoms with Crippen LogP contribution in [-0.4, -0.2) is 47.2 Å². The summed E-state index contributed by atoms with van der Waals surface area (Å²) in [5, 5.41) is 13.6. The number of rotatable bonds is 4. The molecule has 1 amide bonds. The van der Waals surface area contributed by atoms with E-state index in [4.69, 9.17) is 9.94 Å². The minimum absolute atomic E-state index is 0.0750. The molecule has 9 heteroatoms. The van der Waals surface area contributed by atoms with Crippen LogP contribution in [0.2, 0.25) is 0 Å². The number of nitrogens with zero attached hydrogens (tertiary/aromatic N) is 2. The maximum Gasteiger partial charge on any atom is 0.408 e. The van der Waals surface area contributed by atoms with Crippen molar-refractivity contribution < 1.29 is 28.7 Å². The molecule has 0 aliphatic carbocycles. The van der Waals surface area contributed by atoms with Crippen LogP contribution in [0.25, 0.3) is 0 Å². The van der Waals surface area contributed by atoms with E-state index in [2.05, 4.69) is 32.0 Å². The Morgan fingerprint density at radius 3 is 2.73 bits per heavy atom. The molecule has 0 aliphatic heterocycles. The Morgan fingerprint density at radius 2 is 2.15 bits per heavy atom. The zero-order chi connectivity index (χ0) is 19.7. The van der Waals surface area contributed by atoms with E-state index in [0.717, 1.165) is 12.3 Å². The average Bonchev–Trinajstić information content (AvgIpc) is 2.54. The summed E-state index contributed by atoms with van der Waals surface area (Å²) in [5.74, 6) is 3.93. The molecule has 2 N–H and O–H groups in total. The van der Waals surface area contributed by atoms with Crippen molar-refractivity contribution in [3.8, 4) is 11.8 Å². The van der Waals surface area contributed by atoms with Crippen molar-refractivity contribution in [1.29, 1.82) is 0 Å². The lowest BCUT2D eigenvalue weighted by atomic mass is 10.2. The molecule has 1 aromatic heterocycles. The smallest absolute Gasteiger partial charge is 0.408 e. The Bertz CT molecular complexity index is 747. The molecule has 0 unspecified atom stereocenters. The highest BCUT2D eigenvalue weighted by molar-refractivity contribution is 5.81. The Kier molecular flexibility index (Phi) is 7.52. The highest BCUT2D eigenvalue weighted by Gasteiger charge is 2.24. The number of hydrogen-bond acceptors (Lipinski definition) is 7. The third-order valence-corrected chi connectivity index (χ3v) is 2.75. The van der Waals surface area contributed by atoms with Gasteiger partial charge in [-0.25, -0.2) is 19.0 Å². The van der Waals surface area contributed by atoms with Gasteiger partial charge in [0.2, 0.25) is 0 Å². The summed E-state index contributed by atoms with van der Waals surface area (Å²) in [5.41, 5.74) is -0.711.